The van der Waals surface area contributed by atoms with E-state index in [0.29, 0.717) is 40.3 Å². The number of amides is 1. The third-order valence-electron chi connectivity index (χ3n) is 4.72. The van der Waals surface area contributed by atoms with Crippen molar-refractivity contribution >= 4 is 17.5 Å². The summed E-state index contributed by atoms with van der Waals surface area (Å²) in [5.41, 5.74) is 1.26. The minimum atomic E-state index is 0.0489. The van der Waals surface area contributed by atoms with Gasteiger partial charge in [0.15, 0.2) is 0 Å². The maximum atomic E-state index is 12.6. The number of aromatic nitrogens is 4. The molecule has 1 amide bonds. The van der Waals surface area contributed by atoms with Gasteiger partial charge in [0.1, 0.15) is 5.69 Å². The molecule has 3 heterocycles. The molecule has 1 aliphatic heterocycles. The largest absolute Gasteiger partial charge is 0.339 e. The molecule has 0 atom stereocenters. The standard InChI is InChI=1S/C19H18ClN5O2/c20-15-3-1-14(2-4-15)19(26)25-9-5-13(6-10-25)11-17-23-18(24-27-17)16-12-21-7-8-22-16/h1-4,7-8,12-13H,5-6,9-11H2. The first-order valence-electron chi connectivity index (χ1n) is 8.83. The molecule has 1 saturated heterocycles. The van der Waals surface area contributed by atoms with Gasteiger partial charge in [-0.25, -0.2) is 4.98 Å². The predicted octanol–water partition coefficient (Wildman–Crippen LogP) is 3.27. The lowest BCUT2D eigenvalue weighted by atomic mass is 9.93. The highest BCUT2D eigenvalue weighted by atomic mass is 35.5. The Balaban J connectivity index is 1.33. The molecule has 1 fully saturated rings. The normalized spacial score (nSPS) is 15.1. The molecule has 1 aromatic carbocycles. The number of halogens is 1. The van der Waals surface area contributed by atoms with E-state index in [0.717, 1.165) is 25.9 Å². The van der Waals surface area contributed by atoms with Crippen molar-refractivity contribution in [3.8, 4) is 11.5 Å². The van der Waals surface area contributed by atoms with Crippen LogP contribution in [-0.4, -0.2) is 44.0 Å². The molecule has 0 unspecified atom stereocenters. The van der Waals surface area contributed by atoms with Gasteiger partial charge in [-0.15, -0.1) is 0 Å². The molecular weight excluding hydrogens is 366 g/mol. The van der Waals surface area contributed by atoms with Crippen molar-refractivity contribution in [1.29, 1.82) is 0 Å². The highest BCUT2D eigenvalue weighted by Crippen LogP contribution is 2.23. The van der Waals surface area contributed by atoms with Crippen molar-refractivity contribution in [2.75, 3.05) is 13.1 Å². The Morgan fingerprint density at radius 2 is 1.96 bits per heavy atom. The van der Waals surface area contributed by atoms with Crippen LogP contribution in [0.15, 0.2) is 47.4 Å². The molecule has 0 spiro atoms. The van der Waals surface area contributed by atoms with Gasteiger partial charge in [0.05, 0.1) is 6.20 Å². The molecular formula is C19H18ClN5O2. The summed E-state index contributed by atoms with van der Waals surface area (Å²) in [5, 5.41) is 4.61. The first-order valence-corrected chi connectivity index (χ1v) is 9.20. The molecule has 0 saturated carbocycles. The topological polar surface area (TPSA) is 85.0 Å². The Hall–Kier alpha value is -2.80. The highest BCUT2D eigenvalue weighted by molar-refractivity contribution is 6.30. The summed E-state index contributed by atoms with van der Waals surface area (Å²) in [7, 11) is 0. The smallest absolute Gasteiger partial charge is 0.253 e. The van der Waals surface area contributed by atoms with Crippen LogP contribution in [0.1, 0.15) is 29.1 Å². The van der Waals surface area contributed by atoms with E-state index in [-0.39, 0.29) is 5.91 Å². The van der Waals surface area contributed by atoms with Crippen molar-refractivity contribution in [2.45, 2.75) is 19.3 Å². The number of carbonyl (C=O) groups excluding carboxylic acids is 1. The van der Waals surface area contributed by atoms with E-state index in [1.54, 1.807) is 42.9 Å². The van der Waals surface area contributed by atoms with E-state index >= 15 is 0 Å². The van der Waals surface area contributed by atoms with Crippen LogP contribution in [0.25, 0.3) is 11.5 Å². The van der Waals surface area contributed by atoms with E-state index in [4.69, 9.17) is 16.1 Å². The molecule has 4 rings (SSSR count). The summed E-state index contributed by atoms with van der Waals surface area (Å²) < 4.78 is 5.35. The number of hydrogen-bond acceptors (Lipinski definition) is 6. The number of rotatable bonds is 4. The molecule has 138 valence electrons. The predicted molar refractivity (Wildman–Crippen MR) is 99.1 cm³/mol. The highest BCUT2D eigenvalue weighted by Gasteiger charge is 2.25. The van der Waals surface area contributed by atoms with E-state index in [1.165, 1.54) is 0 Å². The van der Waals surface area contributed by atoms with Crippen LogP contribution >= 0.6 is 11.6 Å². The zero-order chi connectivity index (χ0) is 18.6. The van der Waals surface area contributed by atoms with Crippen molar-refractivity contribution in [3.05, 3.63) is 59.3 Å². The molecule has 1 aliphatic rings. The summed E-state index contributed by atoms with van der Waals surface area (Å²) >= 11 is 5.89. The lowest BCUT2D eigenvalue weighted by Gasteiger charge is -2.31. The van der Waals surface area contributed by atoms with Gasteiger partial charge >= 0.3 is 0 Å². The third kappa shape index (κ3) is 4.14. The van der Waals surface area contributed by atoms with E-state index < -0.39 is 0 Å². The quantitative estimate of drug-likeness (QED) is 0.687. The van der Waals surface area contributed by atoms with Crippen LogP contribution in [0, 0.1) is 5.92 Å². The van der Waals surface area contributed by atoms with Crippen molar-refractivity contribution in [3.63, 3.8) is 0 Å². The molecule has 0 radical (unpaired) electrons. The summed E-state index contributed by atoms with van der Waals surface area (Å²) in [4.78, 5) is 27.0. The Bertz CT molecular complexity index is 905. The van der Waals surface area contributed by atoms with Gasteiger partial charge in [-0.1, -0.05) is 16.8 Å². The Morgan fingerprint density at radius 3 is 2.67 bits per heavy atom. The molecule has 0 bridgehead atoms. The first-order chi connectivity index (χ1) is 13.2. The van der Waals surface area contributed by atoms with Crippen molar-refractivity contribution < 1.29 is 9.32 Å². The summed E-state index contributed by atoms with van der Waals surface area (Å²) in [6.07, 6.45) is 7.32. The molecule has 27 heavy (non-hydrogen) atoms. The van der Waals surface area contributed by atoms with Gasteiger partial charge < -0.3 is 9.42 Å². The second-order valence-corrected chi connectivity index (χ2v) is 6.99. The maximum Gasteiger partial charge on any atom is 0.253 e. The van der Waals surface area contributed by atoms with Crippen LogP contribution in [0.5, 0.6) is 0 Å². The fourth-order valence-corrected chi connectivity index (χ4v) is 3.34. The lowest BCUT2D eigenvalue weighted by Crippen LogP contribution is -2.38. The number of piperidine rings is 1. The average molecular weight is 384 g/mol. The summed E-state index contributed by atoms with van der Waals surface area (Å²) in [6.45, 7) is 1.44. The van der Waals surface area contributed by atoms with E-state index in [2.05, 4.69) is 20.1 Å². The fraction of sp³-hybridized carbons (Fsp3) is 0.316. The van der Waals surface area contributed by atoms with Gasteiger partial charge in [-0.05, 0) is 43.0 Å². The minimum Gasteiger partial charge on any atom is -0.339 e. The zero-order valence-electron chi connectivity index (χ0n) is 14.6. The Morgan fingerprint density at radius 1 is 1.19 bits per heavy atom. The van der Waals surface area contributed by atoms with E-state index in [9.17, 15) is 4.79 Å². The minimum absolute atomic E-state index is 0.0489. The number of carbonyl (C=O) groups is 1. The van der Waals surface area contributed by atoms with Gasteiger partial charge in [0, 0.05) is 42.5 Å². The van der Waals surface area contributed by atoms with Gasteiger partial charge in [-0.2, -0.15) is 4.98 Å². The maximum absolute atomic E-state index is 12.6. The van der Waals surface area contributed by atoms with Crippen LogP contribution in [0.4, 0.5) is 0 Å². The van der Waals surface area contributed by atoms with Crippen molar-refractivity contribution in [2.24, 2.45) is 5.92 Å². The lowest BCUT2D eigenvalue weighted by molar-refractivity contribution is 0.0687. The molecule has 8 heteroatoms. The zero-order valence-corrected chi connectivity index (χ0v) is 15.3. The number of likely N-dealkylation sites (tertiary alicyclic amines) is 1. The van der Waals surface area contributed by atoms with Crippen LogP contribution in [-0.2, 0) is 6.42 Å². The second-order valence-electron chi connectivity index (χ2n) is 6.55. The van der Waals surface area contributed by atoms with Gasteiger partial charge in [0.2, 0.25) is 11.7 Å². The summed E-state index contributed by atoms with van der Waals surface area (Å²) in [6, 6.07) is 7.02. The molecule has 3 aromatic rings. The van der Waals surface area contributed by atoms with Crippen LogP contribution in [0.3, 0.4) is 0 Å². The molecule has 0 aliphatic carbocycles. The fourth-order valence-electron chi connectivity index (χ4n) is 3.22. The number of nitrogens with zero attached hydrogens (tertiary/aromatic N) is 5. The van der Waals surface area contributed by atoms with Gasteiger partial charge in [-0.3, -0.25) is 9.78 Å². The third-order valence-corrected chi connectivity index (χ3v) is 4.97. The Labute approximate surface area is 161 Å². The van der Waals surface area contributed by atoms with E-state index in [1.807, 2.05) is 4.90 Å². The SMILES string of the molecule is O=C(c1ccc(Cl)cc1)N1CCC(Cc2nc(-c3cnccn3)no2)CC1. The molecule has 2 aromatic heterocycles. The molecule has 0 N–H and O–H groups in total. The van der Waals surface area contributed by atoms with Gasteiger partial charge in [0.25, 0.3) is 5.91 Å². The van der Waals surface area contributed by atoms with Crippen LogP contribution < -0.4 is 0 Å². The monoisotopic (exact) mass is 383 g/mol. The summed E-state index contributed by atoms with van der Waals surface area (Å²) in [5.74, 6) is 1.51. The Kier molecular flexibility index (Phi) is 5.11. The van der Waals surface area contributed by atoms with Crippen LogP contribution in [0.2, 0.25) is 5.02 Å². The van der Waals surface area contributed by atoms with Crippen molar-refractivity contribution in [1.82, 2.24) is 25.0 Å². The second kappa shape index (κ2) is 7.84. The average Bonchev–Trinajstić information content (AvgIpc) is 3.18. The molecule has 7 nitrogen and oxygen atoms in total. The first kappa shape index (κ1) is 17.6. The number of benzene rings is 1. The number of hydrogen-bond donors (Lipinski definition) is 0.